The predicted molar refractivity (Wildman–Crippen MR) is 71.2 cm³/mol. The third kappa shape index (κ3) is 2.41. The molecule has 2 atom stereocenters. The summed E-state index contributed by atoms with van der Waals surface area (Å²) in [6, 6.07) is 0. The van der Waals surface area contributed by atoms with E-state index >= 15 is 0 Å². The summed E-state index contributed by atoms with van der Waals surface area (Å²) in [4.78, 5) is 23.4. The van der Waals surface area contributed by atoms with Crippen molar-refractivity contribution in [1.29, 1.82) is 0 Å². The summed E-state index contributed by atoms with van der Waals surface area (Å²) in [7, 11) is 0. The van der Waals surface area contributed by atoms with Gasteiger partial charge in [0.2, 0.25) is 0 Å². The number of anilines is 1. The number of fused-ring (bicyclic) bond motifs is 1. The maximum atomic E-state index is 11.3. The first-order chi connectivity index (χ1) is 9.87. The number of rotatable bonds is 3. The smallest absolute Gasteiger partial charge is 0.335 e. The summed E-state index contributed by atoms with van der Waals surface area (Å²) in [6.07, 6.45) is 1.17. The van der Waals surface area contributed by atoms with Crippen LogP contribution in [0.5, 0.6) is 0 Å². The van der Waals surface area contributed by atoms with Crippen molar-refractivity contribution in [2.24, 2.45) is 0 Å². The highest BCUT2D eigenvalue weighted by molar-refractivity contribution is 5.81. The molecule has 2 aromatic rings. The summed E-state index contributed by atoms with van der Waals surface area (Å²) >= 11 is 0. The first kappa shape index (κ1) is 13.7. The van der Waals surface area contributed by atoms with E-state index in [1.807, 2.05) is 0 Å². The van der Waals surface area contributed by atoms with Crippen LogP contribution in [0, 0.1) is 0 Å². The van der Waals surface area contributed by atoms with E-state index in [-0.39, 0.29) is 12.4 Å². The molecule has 0 unspecified atom stereocenters. The number of ether oxygens (including phenoxy) is 2. The van der Waals surface area contributed by atoms with E-state index in [0.717, 1.165) is 0 Å². The summed E-state index contributed by atoms with van der Waals surface area (Å²) in [5, 5.41) is 9.23. The summed E-state index contributed by atoms with van der Waals surface area (Å²) in [5.41, 5.74) is 6.72. The van der Waals surface area contributed by atoms with Crippen molar-refractivity contribution >= 4 is 23.0 Å². The molecule has 1 aliphatic rings. The molecule has 0 saturated carbocycles. The predicted octanol–water partition coefficient (Wildman–Crippen LogP) is 0.0132. The van der Waals surface area contributed by atoms with Gasteiger partial charge in [-0.05, 0) is 13.8 Å². The van der Waals surface area contributed by atoms with Gasteiger partial charge in [0.25, 0.3) is 0 Å². The quantitative estimate of drug-likeness (QED) is 0.810. The minimum atomic E-state index is -1.07. The first-order valence-corrected chi connectivity index (χ1v) is 6.37. The Hall–Kier alpha value is -2.26. The Morgan fingerprint density at radius 2 is 2.19 bits per heavy atom. The largest absolute Gasteiger partial charge is 0.479 e. The van der Waals surface area contributed by atoms with Crippen molar-refractivity contribution < 1.29 is 19.4 Å². The van der Waals surface area contributed by atoms with Gasteiger partial charge in [-0.3, -0.25) is 0 Å². The zero-order valence-electron chi connectivity index (χ0n) is 11.6. The number of imidazole rings is 1. The van der Waals surface area contributed by atoms with Gasteiger partial charge in [-0.15, -0.1) is 0 Å². The van der Waals surface area contributed by atoms with Crippen LogP contribution in [-0.2, 0) is 20.8 Å². The van der Waals surface area contributed by atoms with E-state index < -0.39 is 24.0 Å². The molecule has 3 N–H and O–H groups in total. The normalized spacial score (nSPS) is 24.5. The first-order valence-electron chi connectivity index (χ1n) is 6.37. The fourth-order valence-electron chi connectivity index (χ4n) is 2.40. The molecule has 3 heterocycles. The Bertz CT molecular complexity index is 698. The zero-order valence-corrected chi connectivity index (χ0v) is 11.6. The monoisotopic (exact) mass is 293 g/mol. The highest BCUT2D eigenvalue weighted by Gasteiger charge is 2.45. The highest BCUT2D eigenvalue weighted by atomic mass is 16.8. The molecule has 9 heteroatoms. The van der Waals surface area contributed by atoms with E-state index in [1.54, 1.807) is 18.4 Å². The SMILES string of the molecule is CC1(C)O[C@H](Cn2cnc3c(N)ncnc32)[C@H](C(=O)O)O1. The standard InChI is InChI=1S/C12H15N5O4/c1-12(2)20-6(8(21-12)11(18)19)3-17-5-16-7-9(13)14-4-15-10(7)17/h4-6,8H,3H2,1-2H3,(H,18,19)(H2,13,14,15)/t6-,8-/m1/s1. The molecule has 0 aromatic carbocycles. The van der Waals surface area contributed by atoms with E-state index in [1.165, 1.54) is 12.7 Å². The molecule has 0 bridgehead atoms. The minimum Gasteiger partial charge on any atom is -0.479 e. The molecule has 3 rings (SSSR count). The van der Waals surface area contributed by atoms with Gasteiger partial charge in [-0.1, -0.05) is 0 Å². The lowest BCUT2D eigenvalue weighted by Crippen LogP contribution is -2.34. The number of aromatic nitrogens is 4. The molecule has 1 fully saturated rings. The van der Waals surface area contributed by atoms with Crippen molar-refractivity contribution in [2.45, 2.75) is 38.4 Å². The fourth-order valence-corrected chi connectivity index (χ4v) is 2.40. The van der Waals surface area contributed by atoms with Crippen LogP contribution in [0.4, 0.5) is 5.82 Å². The number of nitrogen functional groups attached to an aromatic ring is 1. The van der Waals surface area contributed by atoms with Crippen LogP contribution in [0.1, 0.15) is 13.8 Å². The lowest BCUT2D eigenvalue weighted by molar-refractivity contribution is -0.165. The van der Waals surface area contributed by atoms with Crippen molar-refractivity contribution in [3.05, 3.63) is 12.7 Å². The topological polar surface area (TPSA) is 125 Å². The second kappa shape index (κ2) is 4.64. The number of carboxylic acids is 1. The number of carboxylic acid groups (broad SMARTS) is 1. The number of carbonyl (C=O) groups is 1. The second-order valence-corrected chi connectivity index (χ2v) is 5.26. The minimum absolute atomic E-state index is 0.243. The van der Waals surface area contributed by atoms with Gasteiger partial charge >= 0.3 is 5.97 Å². The molecule has 112 valence electrons. The second-order valence-electron chi connectivity index (χ2n) is 5.26. The molecular weight excluding hydrogens is 278 g/mol. The van der Waals surface area contributed by atoms with E-state index in [4.69, 9.17) is 15.2 Å². The molecular formula is C12H15N5O4. The maximum absolute atomic E-state index is 11.3. The number of hydrogen-bond acceptors (Lipinski definition) is 7. The van der Waals surface area contributed by atoms with Gasteiger partial charge in [-0.25, -0.2) is 19.7 Å². The maximum Gasteiger partial charge on any atom is 0.335 e. The van der Waals surface area contributed by atoms with E-state index in [9.17, 15) is 9.90 Å². The summed E-state index contributed by atoms with van der Waals surface area (Å²) in [6.45, 7) is 3.59. The van der Waals surface area contributed by atoms with Crippen LogP contribution in [-0.4, -0.2) is 48.6 Å². The zero-order chi connectivity index (χ0) is 15.2. The fraction of sp³-hybridized carbons (Fsp3) is 0.500. The van der Waals surface area contributed by atoms with E-state index in [0.29, 0.717) is 11.2 Å². The molecule has 0 amide bonds. The Balaban J connectivity index is 1.91. The molecule has 21 heavy (non-hydrogen) atoms. The van der Waals surface area contributed by atoms with Gasteiger partial charge in [0, 0.05) is 0 Å². The molecule has 0 radical (unpaired) electrons. The van der Waals surface area contributed by atoms with Gasteiger partial charge in [-0.2, -0.15) is 0 Å². The molecule has 9 nitrogen and oxygen atoms in total. The summed E-state index contributed by atoms with van der Waals surface area (Å²) < 4.78 is 12.7. The average Bonchev–Trinajstić information content (AvgIpc) is 2.92. The number of nitrogens with two attached hydrogens (primary N) is 1. The van der Waals surface area contributed by atoms with Crippen molar-refractivity contribution in [3.63, 3.8) is 0 Å². The molecule has 2 aromatic heterocycles. The molecule has 1 aliphatic heterocycles. The van der Waals surface area contributed by atoms with Crippen LogP contribution in [0.25, 0.3) is 11.2 Å². The number of aliphatic carboxylic acids is 1. The van der Waals surface area contributed by atoms with Crippen LogP contribution >= 0.6 is 0 Å². The lowest BCUT2D eigenvalue weighted by atomic mass is 10.2. The molecule has 0 spiro atoms. The van der Waals surface area contributed by atoms with Crippen LogP contribution in [0.3, 0.4) is 0 Å². The van der Waals surface area contributed by atoms with Crippen molar-refractivity contribution in [3.8, 4) is 0 Å². The number of hydrogen-bond donors (Lipinski definition) is 2. The Morgan fingerprint density at radius 3 is 2.90 bits per heavy atom. The third-order valence-electron chi connectivity index (χ3n) is 3.23. The number of nitrogens with zero attached hydrogens (tertiary/aromatic N) is 4. The van der Waals surface area contributed by atoms with Crippen LogP contribution in [0.15, 0.2) is 12.7 Å². The molecule has 0 aliphatic carbocycles. The Morgan fingerprint density at radius 1 is 1.43 bits per heavy atom. The van der Waals surface area contributed by atoms with Crippen molar-refractivity contribution in [1.82, 2.24) is 19.5 Å². The van der Waals surface area contributed by atoms with E-state index in [2.05, 4.69) is 15.0 Å². The van der Waals surface area contributed by atoms with Gasteiger partial charge in [0.15, 0.2) is 23.4 Å². The van der Waals surface area contributed by atoms with Crippen molar-refractivity contribution in [2.75, 3.05) is 5.73 Å². The van der Waals surface area contributed by atoms with Gasteiger partial charge < -0.3 is 24.9 Å². The van der Waals surface area contributed by atoms with Gasteiger partial charge in [0.05, 0.1) is 12.9 Å². The Kier molecular flexibility index (Phi) is 3.03. The lowest BCUT2D eigenvalue weighted by Gasteiger charge is -2.16. The van der Waals surface area contributed by atoms with Gasteiger partial charge in [0.1, 0.15) is 17.9 Å². The van der Waals surface area contributed by atoms with Crippen LogP contribution < -0.4 is 5.73 Å². The highest BCUT2D eigenvalue weighted by Crippen LogP contribution is 2.30. The summed E-state index contributed by atoms with van der Waals surface area (Å²) in [5.74, 6) is -1.74. The Labute approximate surface area is 119 Å². The average molecular weight is 293 g/mol. The third-order valence-corrected chi connectivity index (χ3v) is 3.23. The molecule has 1 saturated heterocycles. The van der Waals surface area contributed by atoms with Crippen LogP contribution in [0.2, 0.25) is 0 Å².